The summed E-state index contributed by atoms with van der Waals surface area (Å²) in [6.07, 6.45) is 7.33. The summed E-state index contributed by atoms with van der Waals surface area (Å²) in [5, 5.41) is 0. The fourth-order valence-electron chi connectivity index (χ4n) is 0.438. The normalized spacial score (nSPS) is 8.79. The first-order valence-electron chi connectivity index (χ1n) is 3.85. The summed E-state index contributed by atoms with van der Waals surface area (Å²) < 4.78 is 14.3. The van der Waals surface area contributed by atoms with Gasteiger partial charge in [-0.25, -0.2) is 4.79 Å². The van der Waals surface area contributed by atoms with Crippen LogP contribution in [0.25, 0.3) is 0 Å². The Hall–Kier alpha value is 0.450. The molecule has 0 atom stereocenters. The van der Waals surface area contributed by atoms with E-state index < -0.39 is 10.8 Å². The van der Waals surface area contributed by atoms with Gasteiger partial charge in [-0.15, -0.1) is 0 Å². The van der Waals surface area contributed by atoms with E-state index in [0.717, 1.165) is 0 Å². The molecule has 0 rings (SSSR count). The summed E-state index contributed by atoms with van der Waals surface area (Å²) in [6.45, 7) is 2.32. The third-order valence-corrected chi connectivity index (χ3v) is 1.52. The Balaban J connectivity index is -0.000000209. The molecular weight excluding hydrogens is 288 g/mol. The quantitative estimate of drug-likeness (QED) is 0.425. The summed E-state index contributed by atoms with van der Waals surface area (Å²) in [5.41, 5.74) is 0. The van der Waals surface area contributed by atoms with Gasteiger partial charge in [0.15, 0.2) is 0 Å². The fourth-order valence-corrected chi connectivity index (χ4v) is 0.993. The first-order valence-corrected chi connectivity index (χ1v) is 8.02. The monoisotopic (exact) mass is 306 g/mol. The predicted molar refractivity (Wildman–Crippen MR) is 60.7 cm³/mol. The minimum Gasteiger partial charge on any atom is -1.00 e. The molecule has 88 valence electrons. The van der Waals surface area contributed by atoms with Crippen molar-refractivity contribution in [3.63, 3.8) is 0 Å². The van der Waals surface area contributed by atoms with Crippen LogP contribution >= 0.6 is 0 Å². The van der Waals surface area contributed by atoms with Gasteiger partial charge in [-0.2, -0.15) is 0 Å². The second kappa shape index (κ2) is 13.4. The first-order chi connectivity index (χ1) is 5.90. The highest BCUT2D eigenvalue weighted by Crippen LogP contribution is 1.86. The van der Waals surface area contributed by atoms with Crippen molar-refractivity contribution in [2.45, 2.75) is 6.92 Å². The molecule has 0 aromatic heterocycles. The third-order valence-electron chi connectivity index (χ3n) is 0.712. The molecule has 0 heterocycles. The van der Waals surface area contributed by atoms with Gasteiger partial charge in [0.05, 0.1) is 19.1 Å². The van der Waals surface area contributed by atoms with Gasteiger partial charge in [0.25, 0.3) is 0 Å². The van der Waals surface area contributed by atoms with E-state index in [1.807, 2.05) is 19.4 Å². The number of hydrogen-bond donors (Lipinski definition) is 0. The van der Waals surface area contributed by atoms with Gasteiger partial charge in [0.1, 0.15) is 0 Å². The number of halogens is 1. The highest BCUT2D eigenvalue weighted by atomic mass is 79.9. The number of carbonyl (C=O) groups excluding carboxylic acids is 1. The Kier molecular flexibility index (Phi) is 19.2. The van der Waals surface area contributed by atoms with Crippen LogP contribution in [-0.4, -0.2) is 47.6 Å². The minimum absolute atomic E-state index is 0. The number of esters is 1. The molecular formula is C8H19BrO3S2. The van der Waals surface area contributed by atoms with Crippen LogP contribution in [0.15, 0.2) is 0 Å². The van der Waals surface area contributed by atoms with E-state index in [9.17, 15) is 9.00 Å². The highest BCUT2D eigenvalue weighted by molar-refractivity contribution is 7.96. The molecule has 0 aromatic rings. The van der Waals surface area contributed by atoms with Crippen molar-refractivity contribution < 1.29 is 30.7 Å². The number of ether oxygens (including phenoxy) is 1. The van der Waals surface area contributed by atoms with Crippen LogP contribution in [0.3, 0.4) is 0 Å². The van der Waals surface area contributed by atoms with Crippen LogP contribution in [0, 0.1) is 0 Å². The molecule has 0 unspecified atom stereocenters. The van der Waals surface area contributed by atoms with Crippen molar-refractivity contribution in [3.05, 3.63) is 0 Å². The number of carbonyl (C=O) groups is 1. The highest BCUT2D eigenvalue weighted by Gasteiger charge is 2.10. The van der Waals surface area contributed by atoms with Gasteiger partial charge < -0.3 is 21.7 Å². The van der Waals surface area contributed by atoms with Gasteiger partial charge >= 0.3 is 5.97 Å². The molecule has 0 aliphatic carbocycles. The maximum Gasteiger partial charge on any atom is 0.356 e. The van der Waals surface area contributed by atoms with E-state index in [1.165, 1.54) is 0 Å². The van der Waals surface area contributed by atoms with Crippen LogP contribution in [-0.2, 0) is 31.2 Å². The van der Waals surface area contributed by atoms with Gasteiger partial charge in [-0.1, -0.05) is 0 Å². The van der Waals surface area contributed by atoms with E-state index >= 15 is 0 Å². The van der Waals surface area contributed by atoms with Crippen molar-refractivity contribution in [1.29, 1.82) is 0 Å². The Morgan fingerprint density at radius 1 is 1.36 bits per heavy atom. The van der Waals surface area contributed by atoms with Crippen LogP contribution in [0.4, 0.5) is 0 Å². The molecule has 0 aliphatic rings. The van der Waals surface area contributed by atoms with Crippen molar-refractivity contribution in [1.82, 2.24) is 0 Å². The van der Waals surface area contributed by atoms with Gasteiger partial charge in [-0.05, 0) is 17.8 Å². The van der Waals surface area contributed by atoms with Crippen molar-refractivity contribution >= 4 is 27.7 Å². The average molecular weight is 307 g/mol. The van der Waals surface area contributed by atoms with Crippen molar-refractivity contribution in [2.75, 3.05) is 37.4 Å². The Labute approximate surface area is 103 Å². The summed E-state index contributed by atoms with van der Waals surface area (Å²) in [4.78, 5) is 10.6. The second-order valence-corrected chi connectivity index (χ2v) is 6.42. The SMILES string of the molecule is CCOC(=O)C[S+](C)C.CS(C)=O.[Br-]. The molecule has 0 saturated heterocycles. The first kappa shape index (κ1) is 19.9. The van der Waals surface area contributed by atoms with Gasteiger partial charge in [0.2, 0.25) is 5.75 Å². The molecule has 0 fully saturated rings. The zero-order valence-corrected chi connectivity index (χ0v) is 12.6. The molecule has 14 heavy (non-hydrogen) atoms. The zero-order valence-electron chi connectivity index (χ0n) is 9.33. The summed E-state index contributed by atoms with van der Waals surface area (Å²) in [5.74, 6) is 0.485. The summed E-state index contributed by atoms with van der Waals surface area (Å²) in [7, 11) is -0.433. The molecule has 6 heteroatoms. The Morgan fingerprint density at radius 3 is 1.93 bits per heavy atom. The lowest BCUT2D eigenvalue weighted by Crippen LogP contribution is -3.00. The lowest BCUT2D eigenvalue weighted by molar-refractivity contribution is -0.139. The molecule has 0 saturated carbocycles. The van der Waals surface area contributed by atoms with E-state index in [2.05, 4.69) is 0 Å². The lowest BCUT2D eigenvalue weighted by Gasteiger charge is -1.97. The molecule has 0 spiro atoms. The topological polar surface area (TPSA) is 43.4 Å². The predicted octanol–water partition coefficient (Wildman–Crippen LogP) is -2.57. The maximum absolute atomic E-state index is 10.6. The largest absolute Gasteiger partial charge is 1.00 e. The second-order valence-electron chi connectivity index (χ2n) is 2.68. The molecule has 0 aromatic carbocycles. The number of hydrogen-bond acceptors (Lipinski definition) is 3. The third kappa shape index (κ3) is 29.4. The fraction of sp³-hybridized carbons (Fsp3) is 0.875. The van der Waals surface area contributed by atoms with Crippen LogP contribution in [0.2, 0.25) is 0 Å². The van der Waals surface area contributed by atoms with Crippen molar-refractivity contribution in [2.24, 2.45) is 0 Å². The zero-order chi connectivity index (χ0) is 10.9. The smallest absolute Gasteiger partial charge is 0.356 e. The molecule has 0 aliphatic heterocycles. The van der Waals surface area contributed by atoms with E-state index in [1.54, 1.807) is 12.5 Å². The van der Waals surface area contributed by atoms with Crippen LogP contribution in [0.1, 0.15) is 6.92 Å². The Bertz CT molecular complexity index is 159. The van der Waals surface area contributed by atoms with E-state index in [4.69, 9.17) is 4.74 Å². The van der Waals surface area contributed by atoms with Crippen molar-refractivity contribution in [3.8, 4) is 0 Å². The van der Waals surface area contributed by atoms with Crippen LogP contribution in [0.5, 0.6) is 0 Å². The standard InChI is InChI=1S/C6H13O2S.C2H6OS.BrH/c1-4-8-6(7)5-9(2)3;1-4(2)3;/h4-5H2,1-3H3;1-2H3;1H/q+1;;/p-1. The molecule has 0 bridgehead atoms. The number of rotatable bonds is 3. The van der Waals surface area contributed by atoms with Gasteiger partial charge in [0, 0.05) is 23.3 Å². The molecule has 0 radical (unpaired) electrons. The van der Waals surface area contributed by atoms with Gasteiger partial charge in [-0.3, -0.25) is 4.21 Å². The van der Waals surface area contributed by atoms with E-state index in [-0.39, 0.29) is 33.8 Å². The van der Waals surface area contributed by atoms with Crippen LogP contribution < -0.4 is 17.0 Å². The molecule has 3 nitrogen and oxygen atoms in total. The average Bonchev–Trinajstić information content (AvgIpc) is 1.83. The van der Waals surface area contributed by atoms with E-state index in [0.29, 0.717) is 12.4 Å². The summed E-state index contributed by atoms with van der Waals surface area (Å²) >= 11 is 0. The summed E-state index contributed by atoms with van der Waals surface area (Å²) in [6, 6.07) is 0. The lowest BCUT2D eigenvalue weighted by atomic mass is 10.8. The molecule has 0 N–H and O–H groups in total. The Morgan fingerprint density at radius 2 is 1.71 bits per heavy atom. The maximum atomic E-state index is 10.6. The molecule has 0 amide bonds. The minimum atomic E-state index is -0.611.